The van der Waals surface area contributed by atoms with Crippen molar-refractivity contribution in [1.29, 1.82) is 0 Å². The summed E-state index contributed by atoms with van der Waals surface area (Å²) in [6, 6.07) is 8.03. The Morgan fingerprint density at radius 3 is 2.46 bits per heavy atom. The van der Waals surface area contributed by atoms with Gasteiger partial charge in [0.05, 0.1) is 10.2 Å². The number of aliphatic hydroxyl groups is 1. The fraction of sp³-hybridized carbons (Fsp3) is 0.538. The number of aryl methyl sites for hydroxylation is 1. The van der Waals surface area contributed by atoms with E-state index in [1.54, 1.807) is 4.90 Å². The van der Waals surface area contributed by atoms with Gasteiger partial charge in [0.1, 0.15) is 23.7 Å². The lowest BCUT2D eigenvalue weighted by Gasteiger charge is -2.36. The van der Waals surface area contributed by atoms with E-state index in [2.05, 4.69) is 38.1 Å². The summed E-state index contributed by atoms with van der Waals surface area (Å²) in [6.07, 6.45) is 6.61. The number of amides is 1. The Kier molecular flexibility index (Phi) is 9.63. The summed E-state index contributed by atoms with van der Waals surface area (Å²) in [5.41, 5.74) is 2.46. The van der Waals surface area contributed by atoms with Crippen LogP contribution in [0.25, 0.3) is 6.08 Å². The molecule has 1 N–H and O–H groups in total. The Balaban J connectivity index is 1.50. The fourth-order valence-corrected chi connectivity index (χ4v) is 4.37. The van der Waals surface area contributed by atoms with Crippen LogP contribution in [0.2, 0.25) is 0 Å². The molecule has 0 radical (unpaired) electrons. The topological polar surface area (TPSA) is 80.1 Å². The summed E-state index contributed by atoms with van der Waals surface area (Å²) in [5, 5.41) is 13.5. The molecular formula is C26H37BrN4O4. The Morgan fingerprint density at radius 2 is 1.83 bits per heavy atom. The first-order chi connectivity index (χ1) is 16.7. The first kappa shape index (κ1) is 27.1. The van der Waals surface area contributed by atoms with Crippen LogP contribution in [0.3, 0.4) is 0 Å². The van der Waals surface area contributed by atoms with E-state index in [9.17, 15) is 4.79 Å². The van der Waals surface area contributed by atoms with Gasteiger partial charge in [-0.1, -0.05) is 6.08 Å². The van der Waals surface area contributed by atoms with Gasteiger partial charge in [0.15, 0.2) is 0 Å². The van der Waals surface area contributed by atoms with Crippen molar-refractivity contribution in [2.75, 3.05) is 37.7 Å². The summed E-state index contributed by atoms with van der Waals surface area (Å²) < 4.78 is 14.2. The van der Waals surface area contributed by atoms with E-state index >= 15 is 0 Å². The molecular weight excluding hydrogens is 512 g/mol. The van der Waals surface area contributed by atoms with E-state index in [0.29, 0.717) is 19.7 Å². The normalized spacial score (nSPS) is 14.6. The van der Waals surface area contributed by atoms with Crippen molar-refractivity contribution in [3.63, 3.8) is 0 Å². The van der Waals surface area contributed by atoms with Crippen molar-refractivity contribution in [2.45, 2.75) is 52.2 Å². The van der Waals surface area contributed by atoms with Gasteiger partial charge in [0.2, 0.25) is 0 Å². The molecule has 35 heavy (non-hydrogen) atoms. The number of ether oxygens (including phenoxy) is 2. The highest BCUT2D eigenvalue weighted by atomic mass is 79.9. The molecule has 9 heteroatoms. The van der Waals surface area contributed by atoms with Crippen LogP contribution < -0.4 is 9.64 Å². The maximum Gasteiger partial charge on any atom is 0.410 e. The lowest BCUT2D eigenvalue weighted by molar-refractivity contribution is 0.0240. The van der Waals surface area contributed by atoms with Gasteiger partial charge < -0.3 is 24.4 Å². The number of piperazine rings is 1. The van der Waals surface area contributed by atoms with Gasteiger partial charge in [0, 0.05) is 45.5 Å². The van der Waals surface area contributed by atoms with Crippen LogP contribution in [0.1, 0.15) is 51.4 Å². The minimum atomic E-state index is -0.478. The molecule has 0 bridgehead atoms. The lowest BCUT2D eigenvalue weighted by atomic mass is 10.2. The molecule has 1 aliphatic rings. The van der Waals surface area contributed by atoms with Crippen LogP contribution in [0.4, 0.5) is 10.5 Å². The van der Waals surface area contributed by atoms with Crippen LogP contribution in [-0.2, 0) is 18.4 Å². The first-order valence-corrected chi connectivity index (χ1v) is 12.9. The zero-order valence-electron chi connectivity index (χ0n) is 21.2. The largest absolute Gasteiger partial charge is 0.487 e. The molecule has 0 saturated carbocycles. The van der Waals surface area contributed by atoms with Crippen molar-refractivity contribution in [1.82, 2.24) is 14.7 Å². The maximum absolute atomic E-state index is 12.3. The second-order valence-electron chi connectivity index (χ2n) is 9.63. The Labute approximate surface area is 216 Å². The van der Waals surface area contributed by atoms with Gasteiger partial charge >= 0.3 is 6.09 Å². The SMILES string of the molecule is Cn1nc(COc2ccc(N3CCN(C(=O)OC(C)(C)C)CC3)cc2)c(Br)c1/C=C/CCCCO. The molecule has 1 aromatic heterocycles. The third-order valence-electron chi connectivity index (χ3n) is 5.66. The van der Waals surface area contributed by atoms with E-state index < -0.39 is 5.60 Å². The van der Waals surface area contributed by atoms with E-state index in [1.165, 1.54) is 0 Å². The van der Waals surface area contributed by atoms with Gasteiger partial charge in [-0.15, -0.1) is 0 Å². The summed E-state index contributed by atoms with van der Waals surface area (Å²) in [6.45, 7) is 9.05. The third-order valence-corrected chi connectivity index (χ3v) is 6.52. The van der Waals surface area contributed by atoms with E-state index in [-0.39, 0.29) is 12.7 Å². The van der Waals surface area contributed by atoms with Crippen LogP contribution in [0.15, 0.2) is 34.8 Å². The van der Waals surface area contributed by atoms with Crippen molar-refractivity contribution in [3.05, 3.63) is 46.2 Å². The molecule has 1 aromatic carbocycles. The molecule has 0 unspecified atom stereocenters. The van der Waals surface area contributed by atoms with Crippen molar-refractivity contribution >= 4 is 33.8 Å². The number of carbonyl (C=O) groups excluding carboxylic acids is 1. The Bertz CT molecular complexity index is 990. The second-order valence-corrected chi connectivity index (χ2v) is 10.4. The fourth-order valence-electron chi connectivity index (χ4n) is 3.79. The predicted molar refractivity (Wildman–Crippen MR) is 142 cm³/mol. The number of unbranched alkanes of at least 4 members (excludes halogenated alkanes) is 2. The highest BCUT2D eigenvalue weighted by Gasteiger charge is 2.26. The standard InChI is InChI=1S/C26H37BrN4O4/c1-26(2,3)35-25(33)31-16-14-30(15-17-31)20-10-12-21(13-11-20)34-19-22-24(27)23(29(4)28-22)9-7-5-6-8-18-32/h7,9-13,32H,5-6,8,14-19H2,1-4H3/b9-7+. The number of rotatable bonds is 9. The summed E-state index contributed by atoms with van der Waals surface area (Å²) in [5.74, 6) is 0.778. The smallest absolute Gasteiger partial charge is 0.410 e. The van der Waals surface area contributed by atoms with E-state index in [1.807, 2.05) is 56.8 Å². The number of hydrogen-bond donors (Lipinski definition) is 1. The molecule has 1 aliphatic heterocycles. The number of benzene rings is 1. The highest BCUT2D eigenvalue weighted by Crippen LogP contribution is 2.26. The summed E-state index contributed by atoms with van der Waals surface area (Å²) in [4.78, 5) is 16.3. The number of aromatic nitrogens is 2. The third kappa shape index (κ3) is 8.00. The highest BCUT2D eigenvalue weighted by molar-refractivity contribution is 9.10. The summed E-state index contributed by atoms with van der Waals surface area (Å²) >= 11 is 3.65. The molecule has 192 valence electrons. The summed E-state index contributed by atoms with van der Waals surface area (Å²) in [7, 11) is 1.92. The maximum atomic E-state index is 12.3. The van der Waals surface area contributed by atoms with Gasteiger partial charge in [-0.3, -0.25) is 4.68 Å². The zero-order chi connectivity index (χ0) is 25.4. The average Bonchev–Trinajstić information content (AvgIpc) is 3.09. The van der Waals surface area contributed by atoms with Gasteiger partial charge in [0.25, 0.3) is 0 Å². The number of hydrogen-bond acceptors (Lipinski definition) is 6. The van der Waals surface area contributed by atoms with Crippen LogP contribution in [0.5, 0.6) is 5.75 Å². The molecule has 8 nitrogen and oxygen atoms in total. The molecule has 0 atom stereocenters. The average molecular weight is 550 g/mol. The minimum Gasteiger partial charge on any atom is -0.487 e. The van der Waals surface area contributed by atoms with Gasteiger partial charge in [-0.05, 0) is 86.3 Å². The molecule has 0 aliphatic carbocycles. The van der Waals surface area contributed by atoms with Crippen LogP contribution in [0, 0.1) is 0 Å². The first-order valence-electron chi connectivity index (χ1n) is 12.1. The zero-order valence-corrected chi connectivity index (χ0v) is 22.8. The molecule has 2 heterocycles. The van der Waals surface area contributed by atoms with Crippen molar-refractivity contribution in [3.8, 4) is 5.75 Å². The molecule has 1 fully saturated rings. The van der Waals surface area contributed by atoms with Gasteiger partial charge in [-0.2, -0.15) is 5.10 Å². The monoisotopic (exact) mass is 548 g/mol. The van der Waals surface area contributed by atoms with Crippen LogP contribution in [-0.4, -0.2) is 64.3 Å². The van der Waals surface area contributed by atoms with E-state index in [4.69, 9.17) is 14.6 Å². The Morgan fingerprint density at radius 1 is 1.14 bits per heavy atom. The van der Waals surface area contributed by atoms with Crippen LogP contribution >= 0.6 is 15.9 Å². The number of aliphatic hydroxyl groups excluding tert-OH is 1. The molecule has 0 spiro atoms. The number of carbonyl (C=O) groups is 1. The number of allylic oxidation sites excluding steroid dienone is 1. The number of nitrogens with zero attached hydrogens (tertiary/aromatic N) is 4. The van der Waals surface area contributed by atoms with Gasteiger partial charge in [-0.25, -0.2) is 4.79 Å². The quantitative estimate of drug-likeness (QED) is 0.444. The van der Waals surface area contributed by atoms with E-state index in [0.717, 1.165) is 59.6 Å². The Hall–Kier alpha value is -2.52. The molecule has 1 amide bonds. The second kappa shape index (κ2) is 12.4. The number of halogens is 1. The minimum absolute atomic E-state index is 0.233. The molecule has 1 saturated heterocycles. The van der Waals surface area contributed by atoms with Crippen molar-refractivity contribution < 1.29 is 19.4 Å². The van der Waals surface area contributed by atoms with Crippen molar-refractivity contribution in [2.24, 2.45) is 7.05 Å². The molecule has 2 aromatic rings. The lowest BCUT2D eigenvalue weighted by Crippen LogP contribution is -2.50. The number of anilines is 1. The predicted octanol–water partition coefficient (Wildman–Crippen LogP) is 4.99. The molecule has 3 rings (SSSR count).